The van der Waals surface area contributed by atoms with E-state index in [2.05, 4.69) is 15.6 Å². The monoisotopic (exact) mass is 415 g/mol. The maximum atomic E-state index is 12.9. The molecule has 0 spiro atoms. The highest BCUT2D eigenvalue weighted by atomic mass is 35.5. The molecule has 0 saturated carbocycles. The van der Waals surface area contributed by atoms with E-state index in [0.29, 0.717) is 30.4 Å². The van der Waals surface area contributed by atoms with E-state index in [-0.39, 0.29) is 36.5 Å². The number of nitrogens with one attached hydrogen (secondary N) is 2. The molecule has 5 nitrogen and oxygen atoms in total. The molecule has 1 saturated heterocycles. The van der Waals surface area contributed by atoms with Crippen LogP contribution in [0.4, 0.5) is 4.39 Å². The Morgan fingerprint density at radius 3 is 2.70 bits per heavy atom. The molecule has 0 radical (unpaired) electrons. The van der Waals surface area contributed by atoms with Gasteiger partial charge in [0.25, 0.3) is 0 Å². The summed E-state index contributed by atoms with van der Waals surface area (Å²) >= 11 is 0. The Hall–Kier alpha value is -1.89. The third-order valence-corrected chi connectivity index (χ3v) is 4.25. The second-order valence-corrected chi connectivity index (χ2v) is 6.21. The molecular weight excluding hydrogens is 392 g/mol. The molecule has 27 heavy (non-hydrogen) atoms. The van der Waals surface area contributed by atoms with E-state index >= 15 is 0 Å². The van der Waals surface area contributed by atoms with E-state index in [4.69, 9.17) is 4.74 Å². The summed E-state index contributed by atoms with van der Waals surface area (Å²) in [5, 5.41) is 6.20. The second-order valence-electron chi connectivity index (χ2n) is 6.21. The maximum absolute atomic E-state index is 12.9. The number of ether oxygens (including phenoxy) is 1. The molecule has 2 heterocycles. The first-order valence-electron chi connectivity index (χ1n) is 8.55. The molecule has 8 heteroatoms. The van der Waals surface area contributed by atoms with Crippen LogP contribution in [0.2, 0.25) is 0 Å². The molecule has 2 N–H and O–H groups in total. The van der Waals surface area contributed by atoms with Gasteiger partial charge in [-0.1, -0.05) is 0 Å². The first-order chi connectivity index (χ1) is 12.2. The Bertz CT molecular complexity index is 710. The summed E-state index contributed by atoms with van der Waals surface area (Å²) in [6.07, 6.45) is 4.24. The molecule has 1 aromatic carbocycles. The lowest BCUT2D eigenvalue weighted by Gasteiger charge is -2.10. The summed E-state index contributed by atoms with van der Waals surface area (Å²) in [6, 6.07) is 9.31. The van der Waals surface area contributed by atoms with Crippen LogP contribution < -0.4 is 15.4 Å². The summed E-state index contributed by atoms with van der Waals surface area (Å²) in [6.45, 7) is 2.43. The van der Waals surface area contributed by atoms with Gasteiger partial charge in [-0.05, 0) is 62.2 Å². The van der Waals surface area contributed by atoms with Crippen LogP contribution in [0.1, 0.15) is 25.0 Å². The van der Waals surface area contributed by atoms with Gasteiger partial charge in [-0.3, -0.25) is 9.78 Å². The lowest BCUT2D eigenvalue weighted by Crippen LogP contribution is -2.24. The van der Waals surface area contributed by atoms with Crippen molar-refractivity contribution in [2.45, 2.75) is 25.8 Å². The number of hydrogen-bond donors (Lipinski definition) is 2. The van der Waals surface area contributed by atoms with Crippen LogP contribution in [-0.2, 0) is 11.3 Å². The molecule has 2 aromatic rings. The fourth-order valence-corrected chi connectivity index (χ4v) is 2.83. The minimum Gasteiger partial charge on any atom is -0.457 e. The molecule has 1 aromatic heterocycles. The highest BCUT2D eigenvalue weighted by Crippen LogP contribution is 2.21. The molecule has 1 unspecified atom stereocenters. The van der Waals surface area contributed by atoms with Gasteiger partial charge in [0.15, 0.2) is 0 Å². The average molecular weight is 416 g/mol. The number of rotatable bonds is 7. The van der Waals surface area contributed by atoms with Crippen molar-refractivity contribution in [3.63, 3.8) is 0 Å². The van der Waals surface area contributed by atoms with Crippen molar-refractivity contribution in [1.29, 1.82) is 0 Å². The quantitative estimate of drug-likeness (QED) is 0.720. The van der Waals surface area contributed by atoms with E-state index in [1.807, 2.05) is 0 Å². The largest absolute Gasteiger partial charge is 0.457 e. The number of amides is 1. The van der Waals surface area contributed by atoms with Gasteiger partial charge in [0.05, 0.1) is 12.2 Å². The highest BCUT2D eigenvalue weighted by molar-refractivity contribution is 5.85. The topological polar surface area (TPSA) is 63.2 Å². The zero-order valence-electron chi connectivity index (χ0n) is 14.8. The van der Waals surface area contributed by atoms with Crippen molar-refractivity contribution in [2.75, 3.05) is 13.1 Å². The summed E-state index contributed by atoms with van der Waals surface area (Å²) in [5.74, 6) is 1.49. The van der Waals surface area contributed by atoms with Gasteiger partial charge in [0.1, 0.15) is 17.3 Å². The van der Waals surface area contributed by atoms with Crippen molar-refractivity contribution in [2.24, 2.45) is 5.92 Å². The first-order valence-corrected chi connectivity index (χ1v) is 8.55. The van der Waals surface area contributed by atoms with Crippen molar-refractivity contribution in [3.8, 4) is 11.5 Å². The predicted octanol–water partition coefficient (Wildman–Crippen LogP) is 3.86. The summed E-state index contributed by atoms with van der Waals surface area (Å²) < 4.78 is 18.6. The lowest BCUT2D eigenvalue weighted by atomic mass is 10.0. The Balaban J connectivity index is 0.00000182. The number of aromatic nitrogens is 1. The Labute approximate surface area is 170 Å². The van der Waals surface area contributed by atoms with Crippen LogP contribution >= 0.6 is 24.8 Å². The van der Waals surface area contributed by atoms with Crippen LogP contribution in [0, 0.1) is 11.7 Å². The lowest BCUT2D eigenvalue weighted by molar-refractivity contribution is -0.121. The van der Waals surface area contributed by atoms with Gasteiger partial charge in [-0.25, -0.2) is 4.39 Å². The molecule has 1 fully saturated rings. The van der Waals surface area contributed by atoms with E-state index in [1.165, 1.54) is 12.1 Å². The molecule has 0 bridgehead atoms. The minimum absolute atomic E-state index is 0. The third kappa shape index (κ3) is 7.71. The maximum Gasteiger partial charge on any atom is 0.220 e. The van der Waals surface area contributed by atoms with Crippen molar-refractivity contribution >= 4 is 30.7 Å². The average Bonchev–Trinajstić information content (AvgIpc) is 3.14. The molecule has 1 aliphatic heterocycles. The van der Waals surface area contributed by atoms with Crippen LogP contribution in [0.25, 0.3) is 0 Å². The molecule has 1 atom stereocenters. The van der Waals surface area contributed by atoms with Crippen LogP contribution in [0.3, 0.4) is 0 Å². The second kappa shape index (κ2) is 11.7. The molecule has 0 aliphatic carbocycles. The first kappa shape index (κ1) is 23.1. The van der Waals surface area contributed by atoms with Crippen LogP contribution in [0.15, 0.2) is 42.6 Å². The zero-order valence-corrected chi connectivity index (χ0v) is 16.5. The normalized spacial score (nSPS) is 15.4. The Morgan fingerprint density at radius 2 is 2.00 bits per heavy atom. The van der Waals surface area contributed by atoms with E-state index < -0.39 is 0 Å². The fraction of sp³-hybridized carbons (Fsp3) is 0.368. The van der Waals surface area contributed by atoms with Gasteiger partial charge in [0.2, 0.25) is 5.91 Å². The number of nitrogens with zero attached hydrogens (tertiary/aromatic N) is 1. The summed E-state index contributed by atoms with van der Waals surface area (Å²) in [5.41, 5.74) is 0.718. The van der Waals surface area contributed by atoms with Crippen molar-refractivity contribution < 1.29 is 13.9 Å². The third-order valence-electron chi connectivity index (χ3n) is 4.25. The summed E-state index contributed by atoms with van der Waals surface area (Å²) in [4.78, 5) is 16.2. The van der Waals surface area contributed by atoms with Gasteiger partial charge in [-0.2, -0.15) is 0 Å². The molecule has 3 rings (SSSR count). The van der Waals surface area contributed by atoms with E-state index in [9.17, 15) is 9.18 Å². The smallest absolute Gasteiger partial charge is 0.220 e. The van der Waals surface area contributed by atoms with E-state index in [1.54, 1.807) is 30.5 Å². The Morgan fingerprint density at radius 1 is 1.22 bits per heavy atom. The molecule has 148 valence electrons. The van der Waals surface area contributed by atoms with Gasteiger partial charge >= 0.3 is 0 Å². The van der Waals surface area contributed by atoms with Gasteiger partial charge in [0, 0.05) is 18.7 Å². The SMILES string of the molecule is Cl.Cl.O=C(CCC1CCNC1)NCc1cc(Oc2ccc(F)cc2)ccn1. The van der Waals surface area contributed by atoms with Crippen LogP contribution in [0.5, 0.6) is 11.5 Å². The van der Waals surface area contributed by atoms with Crippen LogP contribution in [-0.4, -0.2) is 24.0 Å². The Kier molecular flexibility index (Phi) is 10.1. The predicted molar refractivity (Wildman–Crippen MR) is 107 cm³/mol. The molecule has 1 aliphatic rings. The van der Waals surface area contributed by atoms with Crippen molar-refractivity contribution in [3.05, 3.63) is 54.1 Å². The number of halogens is 3. The minimum atomic E-state index is -0.307. The standard InChI is InChI=1S/C19H22FN3O2.2ClH/c20-15-2-4-17(5-3-15)25-18-8-10-22-16(11-18)13-23-19(24)6-1-14-7-9-21-12-14;;/h2-5,8,10-11,14,21H,1,6-7,9,12-13H2,(H,23,24);2*1H. The van der Waals surface area contributed by atoms with Gasteiger partial charge < -0.3 is 15.4 Å². The molecule has 1 amide bonds. The number of benzene rings is 1. The van der Waals surface area contributed by atoms with E-state index in [0.717, 1.165) is 31.6 Å². The van der Waals surface area contributed by atoms with Gasteiger partial charge in [-0.15, -0.1) is 24.8 Å². The summed E-state index contributed by atoms with van der Waals surface area (Å²) in [7, 11) is 0. The number of carbonyl (C=O) groups is 1. The number of carbonyl (C=O) groups excluding carboxylic acids is 1. The van der Waals surface area contributed by atoms with Crippen molar-refractivity contribution in [1.82, 2.24) is 15.6 Å². The number of hydrogen-bond acceptors (Lipinski definition) is 4. The fourth-order valence-electron chi connectivity index (χ4n) is 2.83. The molecular formula is C19H24Cl2FN3O2. The number of pyridine rings is 1. The zero-order chi connectivity index (χ0) is 17.5. The highest BCUT2D eigenvalue weighted by Gasteiger charge is 2.15.